The number of anilines is 1. The van der Waals surface area contributed by atoms with Crippen LogP contribution in [-0.4, -0.2) is 19.8 Å². The van der Waals surface area contributed by atoms with Gasteiger partial charge in [-0.2, -0.15) is 4.98 Å². The van der Waals surface area contributed by atoms with Gasteiger partial charge in [-0.25, -0.2) is 0 Å². The third kappa shape index (κ3) is 3.94. The average molecular weight is 308 g/mol. The molecule has 0 radical (unpaired) electrons. The second kappa shape index (κ2) is 5.72. The third-order valence-corrected chi connectivity index (χ3v) is 3.85. The number of non-ortho nitro benzene ring substituents is 1. The predicted molar refractivity (Wildman–Crippen MR) is 81.8 cm³/mol. The van der Waals surface area contributed by atoms with Gasteiger partial charge >= 0.3 is 0 Å². The Morgan fingerprint density at radius 3 is 2.76 bits per heavy atom. The SMILES string of the molecule is CC(C)(C)SCc1noc(-c2cc([N+](=O)[O-])ccc2N)n1. The first-order valence-corrected chi connectivity index (χ1v) is 7.25. The van der Waals surface area contributed by atoms with E-state index in [4.69, 9.17) is 10.3 Å². The Morgan fingerprint density at radius 1 is 1.43 bits per heavy atom. The van der Waals surface area contributed by atoms with Crippen molar-refractivity contribution in [2.45, 2.75) is 31.3 Å². The van der Waals surface area contributed by atoms with Crippen LogP contribution in [0.3, 0.4) is 0 Å². The van der Waals surface area contributed by atoms with Crippen molar-refractivity contribution in [3.05, 3.63) is 34.1 Å². The normalized spacial score (nSPS) is 11.6. The Labute approximate surface area is 126 Å². The molecule has 0 atom stereocenters. The average Bonchev–Trinajstić information content (AvgIpc) is 2.84. The van der Waals surface area contributed by atoms with Crippen LogP contribution in [0.1, 0.15) is 26.6 Å². The molecule has 0 spiro atoms. The van der Waals surface area contributed by atoms with E-state index in [0.717, 1.165) is 0 Å². The van der Waals surface area contributed by atoms with Crippen LogP contribution in [0.15, 0.2) is 22.7 Å². The van der Waals surface area contributed by atoms with Gasteiger partial charge in [0.15, 0.2) is 5.82 Å². The lowest BCUT2D eigenvalue weighted by atomic mass is 10.1. The fraction of sp³-hybridized carbons (Fsp3) is 0.385. The topological polar surface area (TPSA) is 108 Å². The fourth-order valence-corrected chi connectivity index (χ4v) is 2.23. The largest absolute Gasteiger partial charge is 0.398 e. The highest BCUT2D eigenvalue weighted by molar-refractivity contribution is 7.99. The number of nitro benzene ring substituents is 1. The van der Waals surface area contributed by atoms with Gasteiger partial charge in [-0.1, -0.05) is 25.9 Å². The summed E-state index contributed by atoms with van der Waals surface area (Å²) in [6, 6.07) is 4.14. The van der Waals surface area contributed by atoms with Crippen LogP contribution in [0, 0.1) is 10.1 Å². The number of benzene rings is 1. The third-order valence-electron chi connectivity index (χ3n) is 2.58. The monoisotopic (exact) mass is 308 g/mol. The van der Waals surface area contributed by atoms with Crippen LogP contribution in [0.25, 0.3) is 11.5 Å². The molecule has 0 bridgehead atoms. The Balaban J connectivity index is 2.25. The van der Waals surface area contributed by atoms with Gasteiger partial charge in [0.2, 0.25) is 0 Å². The maximum Gasteiger partial charge on any atom is 0.270 e. The van der Waals surface area contributed by atoms with E-state index in [1.807, 2.05) is 0 Å². The zero-order chi connectivity index (χ0) is 15.6. The van der Waals surface area contributed by atoms with Crippen LogP contribution in [0.4, 0.5) is 11.4 Å². The Kier molecular flexibility index (Phi) is 4.17. The first kappa shape index (κ1) is 15.3. The molecule has 1 heterocycles. The minimum absolute atomic E-state index is 0.0667. The standard InChI is InChI=1S/C13H16N4O3S/c1-13(2,3)21-7-11-15-12(20-16-11)9-6-8(17(18)19)4-5-10(9)14/h4-6H,7,14H2,1-3H3. The van der Waals surface area contributed by atoms with Gasteiger partial charge in [0.05, 0.1) is 16.2 Å². The molecule has 0 aliphatic heterocycles. The highest BCUT2D eigenvalue weighted by Crippen LogP contribution is 2.30. The summed E-state index contributed by atoms with van der Waals surface area (Å²) in [6.07, 6.45) is 0. The maximum atomic E-state index is 10.8. The van der Waals surface area contributed by atoms with Crippen molar-refractivity contribution in [1.82, 2.24) is 10.1 Å². The van der Waals surface area contributed by atoms with E-state index in [0.29, 0.717) is 22.8 Å². The Hall–Kier alpha value is -2.09. The number of hydrogen-bond donors (Lipinski definition) is 1. The number of nitrogens with two attached hydrogens (primary N) is 1. The highest BCUT2D eigenvalue weighted by Gasteiger charge is 2.18. The Morgan fingerprint density at radius 2 is 2.14 bits per heavy atom. The quantitative estimate of drug-likeness (QED) is 0.524. The zero-order valence-electron chi connectivity index (χ0n) is 12.0. The molecule has 2 rings (SSSR count). The molecule has 0 saturated heterocycles. The van der Waals surface area contributed by atoms with Gasteiger partial charge in [-0.15, -0.1) is 11.8 Å². The highest BCUT2D eigenvalue weighted by atomic mass is 32.2. The molecule has 112 valence electrons. The molecule has 7 nitrogen and oxygen atoms in total. The van der Waals surface area contributed by atoms with Crippen molar-refractivity contribution in [2.75, 3.05) is 5.73 Å². The van der Waals surface area contributed by atoms with E-state index < -0.39 is 4.92 Å². The van der Waals surface area contributed by atoms with Crippen LogP contribution >= 0.6 is 11.8 Å². The van der Waals surface area contributed by atoms with Crippen LogP contribution in [-0.2, 0) is 5.75 Å². The maximum absolute atomic E-state index is 10.8. The van der Waals surface area contributed by atoms with Crippen molar-refractivity contribution < 1.29 is 9.45 Å². The zero-order valence-corrected chi connectivity index (χ0v) is 12.8. The van der Waals surface area contributed by atoms with Crippen LogP contribution in [0.5, 0.6) is 0 Å². The van der Waals surface area contributed by atoms with Gasteiger partial charge in [-0.05, 0) is 6.07 Å². The van der Waals surface area contributed by atoms with Gasteiger partial charge in [0.1, 0.15) is 0 Å². The summed E-state index contributed by atoms with van der Waals surface area (Å²) in [5.74, 6) is 1.33. The molecule has 21 heavy (non-hydrogen) atoms. The minimum Gasteiger partial charge on any atom is -0.398 e. The van der Waals surface area contributed by atoms with E-state index >= 15 is 0 Å². The first-order valence-electron chi connectivity index (χ1n) is 6.27. The number of aromatic nitrogens is 2. The summed E-state index contributed by atoms with van der Waals surface area (Å²) >= 11 is 1.68. The number of hydrogen-bond acceptors (Lipinski definition) is 7. The van der Waals surface area contributed by atoms with Crippen molar-refractivity contribution in [2.24, 2.45) is 0 Å². The van der Waals surface area contributed by atoms with Crippen molar-refractivity contribution >= 4 is 23.1 Å². The van der Waals surface area contributed by atoms with E-state index in [-0.39, 0.29) is 16.3 Å². The van der Waals surface area contributed by atoms with Gasteiger partial charge in [-0.3, -0.25) is 10.1 Å². The molecule has 8 heteroatoms. The van der Waals surface area contributed by atoms with Gasteiger partial charge < -0.3 is 10.3 Å². The lowest BCUT2D eigenvalue weighted by Gasteiger charge is -2.15. The molecular formula is C13H16N4O3S. The molecule has 0 amide bonds. The second-order valence-corrected chi connectivity index (χ2v) is 7.25. The first-order chi connectivity index (χ1) is 9.76. The number of nitro groups is 1. The number of rotatable bonds is 4. The summed E-state index contributed by atoms with van der Waals surface area (Å²) in [5, 5.41) is 14.7. The van der Waals surface area contributed by atoms with Crippen LogP contribution < -0.4 is 5.73 Å². The van der Waals surface area contributed by atoms with E-state index in [1.54, 1.807) is 11.8 Å². The summed E-state index contributed by atoms with van der Waals surface area (Å²) in [6.45, 7) is 6.28. The van der Waals surface area contributed by atoms with E-state index in [1.165, 1.54) is 18.2 Å². The molecule has 1 aromatic heterocycles. The van der Waals surface area contributed by atoms with Crippen molar-refractivity contribution in [3.8, 4) is 11.5 Å². The lowest BCUT2D eigenvalue weighted by Crippen LogP contribution is -2.07. The molecule has 0 aliphatic carbocycles. The molecule has 2 N–H and O–H groups in total. The molecule has 0 saturated carbocycles. The summed E-state index contributed by atoms with van der Waals surface area (Å²) in [7, 11) is 0. The number of nitrogens with zero attached hydrogens (tertiary/aromatic N) is 3. The number of nitrogen functional groups attached to an aromatic ring is 1. The Bertz CT molecular complexity index is 664. The lowest BCUT2D eigenvalue weighted by molar-refractivity contribution is -0.384. The smallest absolute Gasteiger partial charge is 0.270 e. The molecule has 1 aromatic carbocycles. The van der Waals surface area contributed by atoms with Crippen molar-refractivity contribution in [1.29, 1.82) is 0 Å². The summed E-state index contributed by atoms with van der Waals surface area (Å²) in [5.41, 5.74) is 6.49. The van der Waals surface area contributed by atoms with Crippen molar-refractivity contribution in [3.63, 3.8) is 0 Å². The molecule has 0 fully saturated rings. The van der Waals surface area contributed by atoms with Gasteiger partial charge in [0, 0.05) is 22.6 Å². The summed E-state index contributed by atoms with van der Waals surface area (Å²) < 4.78 is 5.24. The fourth-order valence-electron chi connectivity index (χ4n) is 1.55. The van der Waals surface area contributed by atoms with Crippen LogP contribution in [0.2, 0.25) is 0 Å². The molecule has 0 unspecified atom stereocenters. The minimum atomic E-state index is -0.490. The predicted octanol–water partition coefficient (Wildman–Crippen LogP) is 3.26. The molecular weight excluding hydrogens is 292 g/mol. The van der Waals surface area contributed by atoms with E-state index in [2.05, 4.69) is 30.9 Å². The molecule has 2 aromatic rings. The second-order valence-electron chi connectivity index (χ2n) is 5.45. The number of thioether (sulfide) groups is 1. The van der Waals surface area contributed by atoms with Gasteiger partial charge in [0.25, 0.3) is 11.6 Å². The molecule has 0 aliphatic rings. The summed E-state index contributed by atoms with van der Waals surface area (Å²) in [4.78, 5) is 14.6. The van der Waals surface area contributed by atoms with E-state index in [9.17, 15) is 10.1 Å².